The van der Waals surface area contributed by atoms with E-state index in [0.717, 1.165) is 22.8 Å². The van der Waals surface area contributed by atoms with Crippen molar-refractivity contribution in [3.05, 3.63) is 119 Å². The van der Waals surface area contributed by atoms with Gasteiger partial charge in [-0.15, -0.1) is 0 Å². The molecule has 0 bridgehead atoms. The first kappa shape index (κ1) is 23.4. The molecule has 4 nitrogen and oxygen atoms in total. The summed E-state index contributed by atoms with van der Waals surface area (Å²) < 4.78 is 45.3. The van der Waals surface area contributed by atoms with Gasteiger partial charge >= 0.3 is 6.18 Å². The molecule has 0 spiro atoms. The Kier molecular flexibility index (Phi) is 6.06. The van der Waals surface area contributed by atoms with E-state index in [1.165, 1.54) is 29.2 Å². The van der Waals surface area contributed by atoms with E-state index in [-0.39, 0.29) is 30.0 Å². The average Bonchev–Trinajstić information content (AvgIpc) is 3.12. The minimum atomic E-state index is -4.50. The molecular formula is C29H20F3NO3. The van der Waals surface area contributed by atoms with Crippen molar-refractivity contribution in [1.29, 1.82) is 0 Å². The fourth-order valence-electron chi connectivity index (χ4n) is 4.23. The fraction of sp³-hybridized carbons (Fsp3) is 0.103. The van der Waals surface area contributed by atoms with Gasteiger partial charge in [0.25, 0.3) is 11.7 Å². The molecule has 4 aromatic carbocycles. The van der Waals surface area contributed by atoms with E-state index in [1.807, 2.05) is 54.6 Å². The number of hydrogen-bond acceptors (Lipinski definition) is 3. The lowest BCUT2D eigenvalue weighted by atomic mass is 10.0. The number of benzene rings is 4. The number of ether oxygens (including phenoxy) is 1. The lowest BCUT2D eigenvalue weighted by Gasteiger charge is -2.17. The maximum Gasteiger partial charge on any atom is 0.416 e. The van der Waals surface area contributed by atoms with Crippen molar-refractivity contribution >= 4 is 17.4 Å². The minimum absolute atomic E-state index is 0.0199. The summed E-state index contributed by atoms with van der Waals surface area (Å²) in [6.45, 7) is -0.111. The number of hydrogen-bond donors (Lipinski definition) is 0. The molecule has 0 N–H and O–H groups in total. The monoisotopic (exact) mass is 487 g/mol. The number of nitrogens with zero attached hydrogens (tertiary/aromatic N) is 1. The first-order valence-corrected chi connectivity index (χ1v) is 11.2. The first-order chi connectivity index (χ1) is 17.3. The van der Waals surface area contributed by atoms with E-state index in [0.29, 0.717) is 5.69 Å². The van der Waals surface area contributed by atoms with Crippen LogP contribution >= 0.6 is 0 Å². The number of alkyl halides is 3. The van der Waals surface area contributed by atoms with E-state index in [4.69, 9.17) is 4.74 Å². The Balaban J connectivity index is 1.33. The smallest absolute Gasteiger partial charge is 0.416 e. The molecule has 0 aromatic heterocycles. The molecule has 0 unspecified atom stereocenters. The molecule has 1 aliphatic rings. The Morgan fingerprint density at radius 3 is 2.14 bits per heavy atom. The number of ketones is 1. The summed E-state index contributed by atoms with van der Waals surface area (Å²) in [5.41, 5.74) is 2.79. The summed E-state index contributed by atoms with van der Waals surface area (Å²) in [6.07, 6.45) is -4.50. The van der Waals surface area contributed by atoms with Gasteiger partial charge in [-0.2, -0.15) is 13.2 Å². The van der Waals surface area contributed by atoms with Crippen LogP contribution in [0.15, 0.2) is 97.1 Å². The number of halogens is 3. The maximum atomic E-state index is 13.2. The van der Waals surface area contributed by atoms with E-state index in [1.54, 1.807) is 12.1 Å². The lowest BCUT2D eigenvalue weighted by Crippen LogP contribution is -2.29. The number of Topliss-reactive ketones (excluding diaryl/α,β-unsaturated/α-hetero) is 1. The van der Waals surface area contributed by atoms with Gasteiger partial charge in [-0.05, 0) is 41.0 Å². The van der Waals surface area contributed by atoms with E-state index in [2.05, 4.69) is 0 Å². The van der Waals surface area contributed by atoms with Crippen molar-refractivity contribution in [2.45, 2.75) is 19.3 Å². The summed E-state index contributed by atoms with van der Waals surface area (Å²) >= 11 is 0. The molecule has 180 valence electrons. The Hall–Kier alpha value is -4.39. The average molecular weight is 487 g/mol. The van der Waals surface area contributed by atoms with Gasteiger partial charge in [0.1, 0.15) is 12.4 Å². The molecule has 5 rings (SSSR count). The third-order valence-corrected chi connectivity index (χ3v) is 6.06. The predicted molar refractivity (Wildman–Crippen MR) is 130 cm³/mol. The standard InChI is InChI=1S/C29H20F3NO3/c30-29(31,32)25-9-5-4-8-22(25)18-36-23-14-15-26-24(16-23)27(34)28(35)33(26)17-19-10-12-21(13-11-19)20-6-2-1-3-7-20/h1-16H,17-18H2. The molecule has 1 heterocycles. The Bertz CT molecular complexity index is 1430. The molecule has 7 heteroatoms. The fourth-order valence-corrected chi connectivity index (χ4v) is 4.23. The van der Waals surface area contributed by atoms with Gasteiger partial charge in [0, 0.05) is 5.56 Å². The van der Waals surface area contributed by atoms with Crippen molar-refractivity contribution < 1.29 is 27.5 Å². The minimum Gasteiger partial charge on any atom is -0.489 e. The van der Waals surface area contributed by atoms with Crippen molar-refractivity contribution in [3.8, 4) is 16.9 Å². The highest BCUT2D eigenvalue weighted by Crippen LogP contribution is 2.35. The molecule has 4 aromatic rings. The second-order valence-corrected chi connectivity index (χ2v) is 8.41. The van der Waals surface area contributed by atoms with Crippen LogP contribution < -0.4 is 9.64 Å². The molecular weight excluding hydrogens is 467 g/mol. The SMILES string of the molecule is O=C1C(=O)N(Cc2ccc(-c3ccccc3)cc2)c2ccc(OCc3ccccc3C(F)(F)F)cc21. The summed E-state index contributed by atoms with van der Waals surface area (Å²) in [6, 6.07) is 27.3. The van der Waals surface area contributed by atoms with Crippen molar-refractivity contribution in [3.63, 3.8) is 0 Å². The highest BCUT2D eigenvalue weighted by Gasteiger charge is 2.36. The highest BCUT2D eigenvalue weighted by molar-refractivity contribution is 6.52. The first-order valence-electron chi connectivity index (χ1n) is 11.2. The molecule has 0 aliphatic carbocycles. The summed E-state index contributed by atoms with van der Waals surface area (Å²) in [7, 11) is 0. The molecule has 0 atom stereocenters. The number of fused-ring (bicyclic) bond motifs is 1. The van der Waals surface area contributed by atoms with Crippen LogP contribution in [0.4, 0.5) is 18.9 Å². The summed E-state index contributed by atoms with van der Waals surface area (Å²) in [4.78, 5) is 26.8. The van der Waals surface area contributed by atoms with Crippen LogP contribution in [0.5, 0.6) is 5.75 Å². The van der Waals surface area contributed by atoms with Gasteiger partial charge in [-0.25, -0.2) is 0 Å². The second kappa shape index (κ2) is 9.34. The third-order valence-electron chi connectivity index (χ3n) is 6.06. The molecule has 36 heavy (non-hydrogen) atoms. The van der Waals surface area contributed by atoms with Gasteiger partial charge in [-0.1, -0.05) is 72.8 Å². The van der Waals surface area contributed by atoms with Crippen LogP contribution in [-0.4, -0.2) is 11.7 Å². The van der Waals surface area contributed by atoms with Crippen LogP contribution in [0.1, 0.15) is 27.0 Å². The topological polar surface area (TPSA) is 46.6 Å². The molecule has 1 amide bonds. The quantitative estimate of drug-likeness (QED) is 0.285. The van der Waals surface area contributed by atoms with Crippen LogP contribution in [-0.2, 0) is 24.1 Å². The zero-order valence-corrected chi connectivity index (χ0v) is 19.0. The van der Waals surface area contributed by atoms with E-state index >= 15 is 0 Å². The number of anilines is 1. The van der Waals surface area contributed by atoms with Gasteiger partial charge in [0.05, 0.1) is 23.4 Å². The zero-order chi connectivity index (χ0) is 25.3. The normalized spacial score (nSPS) is 13.1. The number of rotatable bonds is 6. The largest absolute Gasteiger partial charge is 0.489 e. The molecule has 0 saturated carbocycles. The third kappa shape index (κ3) is 4.60. The van der Waals surface area contributed by atoms with Gasteiger partial charge in [-0.3, -0.25) is 9.59 Å². The number of carbonyl (C=O) groups is 2. The van der Waals surface area contributed by atoms with Crippen molar-refractivity contribution in [2.75, 3.05) is 4.90 Å². The van der Waals surface area contributed by atoms with E-state index in [9.17, 15) is 22.8 Å². The van der Waals surface area contributed by atoms with Crippen molar-refractivity contribution in [2.24, 2.45) is 0 Å². The second-order valence-electron chi connectivity index (χ2n) is 8.41. The van der Waals surface area contributed by atoms with Crippen LogP contribution in [0.25, 0.3) is 11.1 Å². The summed E-state index contributed by atoms with van der Waals surface area (Å²) in [5.74, 6) is -1.12. The highest BCUT2D eigenvalue weighted by atomic mass is 19.4. The van der Waals surface area contributed by atoms with Crippen LogP contribution in [0, 0.1) is 0 Å². The Morgan fingerprint density at radius 1 is 0.750 bits per heavy atom. The van der Waals surface area contributed by atoms with Crippen molar-refractivity contribution in [1.82, 2.24) is 0 Å². The van der Waals surface area contributed by atoms with Gasteiger partial charge in [0.15, 0.2) is 0 Å². The van der Waals surface area contributed by atoms with Crippen LogP contribution in [0.2, 0.25) is 0 Å². The molecule has 0 saturated heterocycles. The number of carbonyl (C=O) groups excluding carboxylic acids is 2. The summed E-state index contributed by atoms with van der Waals surface area (Å²) in [5, 5.41) is 0. The van der Waals surface area contributed by atoms with E-state index < -0.39 is 23.4 Å². The molecule has 1 aliphatic heterocycles. The Morgan fingerprint density at radius 2 is 1.42 bits per heavy atom. The predicted octanol–water partition coefficient (Wildman–Crippen LogP) is 6.68. The Labute approximate surface area is 205 Å². The molecule has 0 radical (unpaired) electrons. The van der Waals surface area contributed by atoms with Gasteiger partial charge < -0.3 is 9.64 Å². The number of amides is 1. The van der Waals surface area contributed by atoms with Crippen LogP contribution in [0.3, 0.4) is 0 Å². The molecule has 0 fully saturated rings. The lowest BCUT2D eigenvalue weighted by molar-refractivity contribution is -0.138. The van der Waals surface area contributed by atoms with Gasteiger partial charge in [0.2, 0.25) is 0 Å². The zero-order valence-electron chi connectivity index (χ0n) is 19.0. The maximum absolute atomic E-state index is 13.2.